The van der Waals surface area contributed by atoms with Gasteiger partial charge >= 0.3 is 0 Å². The smallest absolute Gasteiger partial charge is 0.231 e. The Kier molecular flexibility index (Phi) is 6.96. The third kappa shape index (κ3) is 4.74. The third-order valence-corrected chi connectivity index (χ3v) is 5.24. The number of para-hydroxylation sites is 1. The van der Waals surface area contributed by atoms with Crippen LogP contribution in [0.1, 0.15) is 18.5 Å². The predicted molar refractivity (Wildman–Crippen MR) is 121 cm³/mol. The average molecular weight is 405 g/mol. The molecule has 2 atom stereocenters. The summed E-state index contributed by atoms with van der Waals surface area (Å²) >= 11 is 0. The Hall–Kier alpha value is -3.47. The van der Waals surface area contributed by atoms with Crippen molar-refractivity contribution in [3.8, 4) is 11.5 Å². The zero-order valence-corrected chi connectivity index (χ0v) is 17.8. The average Bonchev–Trinajstić information content (AvgIpc) is 2.82. The van der Waals surface area contributed by atoms with Crippen LogP contribution >= 0.6 is 0 Å². The van der Waals surface area contributed by atoms with E-state index in [1.807, 2.05) is 92.8 Å². The van der Waals surface area contributed by atoms with Crippen molar-refractivity contribution in [3.05, 3.63) is 84.4 Å². The third-order valence-electron chi connectivity index (χ3n) is 5.24. The second-order valence-corrected chi connectivity index (χ2v) is 7.12. The molecule has 0 saturated carbocycles. The first-order valence-electron chi connectivity index (χ1n) is 9.91. The van der Waals surface area contributed by atoms with Crippen LogP contribution in [0, 0.1) is 5.92 Å². The number of amides is 1. The maximum atomic E-state index is 13.3. The lowest BCUT2D eigenvalue weighted by Gasteiger charge is -2.30. The first kappa shape index (κ1) is 21.2. The van der Waals surface area contributed by atoms with Crippen molar-refractivity contribution in [2.45, 2.75) is 13.0 Å². The van der Waals surface area contributed by atoms with Crippen LogP contribution in [0.15, 0.2) is 78.9 Å². The molecule has 5 heteroatoms. The van der Waals surface area contributed by atoms with Gasteiger partial charge in [-0.1, -0.05) is 55.5 Å². The Bertz CT molecular complexity index is 961. The highest BCUT2D eigenvalue weighted by Gasteiger charge is 2.29. The van der Waals surface area contributed by atoms with E-state index in [-0.39, 0.29) is 17.9 Å². The fourth-order valence-corrected chi connectivity index (χ4v) is 3.47. The SMILES string of the molecule is COc1ccc(N[C@H](c2ccccc2)[C@@H](C)C(=O)N(C)c2ccccc2)c(OC)c1. The normalized spacial score (nSPS) is 12.5. The van der Waals surface area contributed by atoms with Crippen LogP contribution in [-0.4, -0.2) is 27.2 Å². The fourth-order valence-electron chi connectivity index (χ4n) is 3.47. The number of carbonyl (C=O) groups excluding carboxylic acids is 1. The van der Waals surface area contributed by atoms with Gasteiger partial charge in [-0.25, -0.2) is 0 Å². The molecule has 3 aromatic rings. The van der Waals surface area contributed by atoms with Crippen LogP contribution in [-0.2, 0) is 4.79 Å². The number of carbonyl (C=O) groups is 1. The Morgan fingerprint density at radius 2 is 1.53 bits per heavy atom. The van der Waals surface area contributed by atoms with Gasteiger partial charge in [-0.15, -0.1) is 0 Å². The molecule has 0 aliphatic carbocycles. The van der Waals surface area contributed by atoms with Crippen molar-refractivity contribution in [2.24, 2.45) is 5.92 Å². The van der Waals surface area contributed by atoms with E-state index in [0.29, 0.717) is 11.5 Å². The summed E-state index contributed by atoms with van der Waals surface area (Å²) in [7, 11) is 5.05. The number of nitrogens with zero attached hydrogens (tertiary/aromatic N) is 1. The molecule has 0 heterocycles. The molecule has 0 bridgehead atoms. The lowest BCUT2D eigenvalue weighted by Crippen LogP contribution is -2.36. The second-order valence-electron chi connectivity index (χ2n) is 7.12. The first-order chi connectivity index (χ1) is 14.5. The number of rotatable bonds is 8. The van der Waals surface area contributed by atoms with E-state index in [2.05, 4.69) is 5.32 Å². The number of anilines is 2. The number of hydrogen-bond donors (Lipinski definition) is 1. The van der Waals surface area contributed by atoms with Gasteiger partial charge in [0.25, 0.3) is 0 Å². The van der Waals surface area contributed by atoms with Crippen LogP contribution in [0.25, 0.3) is 0 Å². The van der Waals surface area contributed by atoms with Gasteiger partial charge in [-0.3, -0.25) is 4.79 Å². The largest absolute Gasteiger partial charge is 0.497 e. The van der Waals surface area contributed by atoms with Crippen LogP contribution in [0.5, 0.6) is 11.5 Å². The lowest BCUT2D eigenvalue weighted by atomic mass is 9.92. The second kappa shape index (κ2) is 9.83. The summed E-state index contributed by atoms with van der Waals surface area (Å²) in [5, 5.41) is 3.53. The van der Waals surface area contributed by atoms with Gasteiger partial charge in [0.1, 0.15) is 11.5 Å². The van der Waals surface area contributed by atoms with Crippen LogP contribution in [0.2, 0.25) is 0 Å². The monoisotopic (exact) mass is 404 g/mol. The molecule has 0 aromatic heterocycles. The molecule has 0 saturated heterocycles. The van der Waals surface area contributed by atoms with E-state index < -0.39 is 0 Å². The number of benzene rings is 3. The van der Waals surface area contributed by atoms with E-state index in [1.54, 1.807) is 19.1 Å². The summed E-state index contributed by atoms with van der Waals surface area (Å²) in [5.74, 6) is 1.06. The van der Waals surface area contributed by atoms with E-state index in [1.165, 1.54) is 0 Å². The zero-order valence-electron chi connectivity index (χ0n) is 17.8. The topological polar surface area (TPSA) is 50.8 Å². The first-order valence-corrected chi connectivity index (χ1v) is 9.91. The fraction of sp³-hybridized carbons (Fsp3) is 0.240. The number of methoxy groups -OCH3 is 2. The van der Waals surface area contributed by atoms with Crippen molar-refractivity contribution in [2.75, 3.05) is 31.5 Å². The predicted octanol–water partition coefficient (Wildman–Crippen LogP) is 5.16. The van der Waals surface area contributed by atoms with Gasteiger partial charge in [0.2, 0.25) is 5.91 Å². The van der Waals surface area contributed by atoms with Crippen LogP contribution in [0.4, 0.5) is 11.4 Å². The molecule has 0 unspecified atom stereocenters. The maximum absolute atomic E-state index is 13.3. The van der Waals surface area contributed by atoms with E-state index in [9.17, 15) is 4.79 Å². The summed E-state index contributed by atoms with van der Waals surface area (Å²) in [6.07, 6.45) is 0. The van der Waals surface area contributed by atoms with Gasteiger partial charge in [0.05, 0.1) is 31.9 Å². The quantitative estimate of drug-likeness (QED) is 0.564. The molecule has 3 rings (SSSR count). The number of nitrogens with one attached hydrogen (secondary N) is 1. The number of hydrogen-bond acceptors (Lipinski definition) is 4. The van der Waals surface area contributed by atoms with Gasteiger partial charge < -0.3 is 19.7 Å². The van der Waals surface area contributed by atoms with Crippen molar-refractivity contribution in [1.82, 2.24) is 0 Å². The maximum Gasteiger partial charge on any atom is 0.231 e. The molecule has 0 radical (unpaired) electrons. The van der Waals surface area contributed by atoms with Crippen molar-refractivity contribution in [1.29, 1.82) is 0 Å². The van der Waals surface area contributed by atoms with Gasteiger partial charge in [-0.2, -0.15) is 0 Å². The zero-order chi connectivity index (χ0) is 21.5. The van der Waals surface area contributed by atoms with Gasteiger partial charge in [0, 0.05) is 18.8 Å². The summed E-state index contributed by atoms with van der Waals surface area (Å²) in [5.41, 5.74) is 2.69. The Labute approximate surface area is 178 Å². The summed E-state index contributed by atoms with van der Waals surface area (Å²) in [6, 6.07) is 25.0. The molecule has 0 aliphatic rings. The minimum Gasteiger partial charge on any atom is -0.497 e. The van der Waals surface area contributed by atoms with E-state index in [4.69, 9.17) is 9.47 Å². The minimum absolute atomic E-state index is 0.0232. The molecule has 5 nitrogen and oxygen atoms in total. The summed E-state index contributed by atoms with van der Waals surface area (Å²) in [6.45, 7) is 1.95. The Morgan fingerprint density at radius 3 is 2.13 bits per heavy atom. The lowest BCUT2D eigenvalue weighted by molar-refractivity contribution is -0.122. The highest BCUT2D eigenvalue weighted by molar-refractivity contribution is 5.95. The van der Waals surface area contributed by atoms with E-state index >= 15 is 0 Å². The Balaban J connectivity index is 1.93. The minimum atomic E-state index is -0.329. The standard InChI is InChI=1S/C25H28N2O3/c1-18(25(28)27(2)20-13-9-6-10-14-20)24(19-11-7-5-8-12-19)26-22-16-15-21(29-3)17-23(22)30-4/h5-18,24,26H,1-4H3/t18-,24+/m1/s1. The summed E-state index contributed by atoms with van der Waals surface area (Å²) in [4.78, 5) is 15.0. The molecule has 30 heavy (non-hydrogen) atoms. The van der Waals surface area contributed by atoms with Crippen LogP contribution < -0.4 is 19.7 Å². The van der Waals surface area contributed by atoms with Gasteiger partial charge in [-0.05, 0) is 29.8 Å². The highest BCUT2D eigenvalue weighted by atomic mass is 16.5. The molecule has 156 valence electrons. The van der Waals surface area contributed by atoms with Gasteiger partial charge in [0.15, 0.2) is 0 Å². The van der Waals surface area contributed by atoms with E-state index in [0.717, 1.165) is 16.9 Å². The molecular formula is C25H28N2O3. The number of ether oxygens (including phenoxy) is 2. The molecule has 0 fully saturated rings. The van der Waals surface area contributed by atoms with Crippen molar-refractivity contribution >= 4 is 17.3 Å². The molecule has 1 N–H and O–H groups in total. The van der Waals surface area contributed by atoms with Crippen LogP contribution in [0.3, 0.4) is 0 Å². The Morgan fingerprint density at radius 1 is 0.900 bits per heavy atom. The molecule has 0 spiro atoms. The molecule has 3 aromatic carbocycles. The van der Waals surface area contributed by atoms with Crippen molar-refractivity contribution < 1.29 is 14.3 Å². The summed E-state index contributed by atoms with van der Waals surface area (Å²) < 4.78 is 10.8. The molecular weight excluding hydrogens is 376 g/mol. The highest BCUT2D eigenvalue weighted by Crippen LogP contribution is 2.35. The molecule has 1 amide bonds. The van der Waals surface area contributed by atoms with Crippen molar-refractivity contribution in [3.63, 3.8) is 0 Å². The molecule has 0 aliphatic heterocycles.